The summed E-state index contributed by atoms with van der Waals surface area (Å²) in [5.41, 5.74) is 2.62. The fourth-order valence-electron chi connectivity index (χ4n) is 2.91. The highest BCUT2D eigenvalue weighted by Crippen LogP contribution is 2.40. The first-order valence-electron chi connectivity index (χ1n) is 7.61. The molecule has 0 radical (unpaired) electrons. The quantitative estimate of drug-likeness (QED) is 0.867. The normalized spacial score (nSPS) is 17.3. The standard InChI is InChI=1S/C16H19N3O2S/c1-20-13-7-11-5-6-19(9-12(11)8-14(13)21-2)16-17-15(18-22-16)10-3-4-10/h7-8,10H,3-6,9H2,1-2H3. The number of aromatic nitrogens is 2. The third-order valence-electron chi connectivity index (χ3n) is 4.36. The Bertz CT molecular complexity index is 697. The van der Waals surface area contributed by atoms with E-state index in [1.807, 2.05) is 0 Å². The Morgan fingerprint density at radius 1 is 1.14 bits per heavy atom. The minimum atomic E-state index is 0.617. The zero-order valence-electron chi connectivity index (χ0n) is 12.8. The maximum absolute atomic E-state index is 5.42. The molecule has 0 amide bonds. The van der Waals surface area contributed by atoms with Crippen molar-refractivity contribution in [1.82, 2.24) is 9.36 Å². The molecule has 1 aromatic carbocycles. The second kappa shape index (κ2) is 5.43. The summed E-state index contributed by atoms with van der Waals surface area (Å²) >= 11 is 1.53. The Labute approximate surface area is 134 Å². The Morgan fingerprint density at radius 2 is 1.86 bits per heavy atom. The number of rotatable bonds is 4. The molecule has 0 unspecified atom stereocenters. The molecule has 2 aromatic rings. The van der Waals surface area contributed by atoms with Crippen LogP contribution in [-0.4, -0.2) is 30.1 Å². The van der Waals surface area contributed by atoms with E-state index in [0.29, 0.717) is 5.92 Å². The molecular formula is C16H19N3O2S. The third-order valence-corrected chi connectivity index (χ3v) is 5.15. The van der Waals surface area contributed by atoms with E-state index in [9.17, 15) is 0 Å². The number of methoxy groups -OCH3 is 2. The monoisotopic (exact) mass is 317 g/mol. The molecule has 0 N–H and O–H groups in total. The van der Waals surface area contributed by atoms with Crippen LogP contribution in [0.1, 0.15) is 35.7 Å². The van der Waals surface area contributed by atoms with Crippen molar-refractivity contribution in [2.75, 3.05) is 25.7 Å². The van der Waals surface area contributed by atoms with Gasteiger partial charge in [0, 0.05) is 30.5 Å². The molecule has 4 rings (SSSR count). The van der Waals surface area contributed by atoms with E-state index in [-0.39, 0.29) is 0 Å². The molecule has 6 heteroatoms. The molecule has 5 nitrogen and oxygen atoms in total. The summed E-state index contributed by atoms with van der Waals surface area (Å²) in [6.07, 6.45) is 3.49. The van der Waals surface area contributed by atoms with Crippen LogP contribution in [0.2, 0.25) is 0 Å². The van der Waals surface area contributed by atoms with E-state index in [4.69, 9.17) is 14.5 Å². The van der Waals surface area contributed by atoms with Gasteiger partial charge < -0.3 is 14.4 Å². The predicted molar refractivity (Wildman–Crippen MR) is 86.2 cm³/mol. The summed E-state index contributed by atoms with van der Waals surface area (Å²) in [6.45, 7) is 1.83. The van der Waals surface area contributed by atoms with Crippen LogP contribution >= 0.6 is 11.5 Å². The van der Waals surface area contributed by atoms with Gasteiger partial charge in [-0.2, -0.15) is 4.37 Å². The lowest BCUT2D eigenvalue weighted by molar-refractivity contribution is 0.353. The van der Waals surface area contributed by atoms with Gasteiger partial charge in [0.2, 0.25) is 5.13 Å². The molecule has 116 valence electrons. The summed E-state index contributed by atoms with van der Waals surface area (Å²) in [6, 6.07) is 4.18. The molecule has 2 heterocycles. The van der Waals surface area contributed by atoms with Gasteiger partial charge in [-0.25, -0.2) is 4.98 Å². The first kappa shape index (κ1) is 13.8. The lowest BCUT2D eigenvalue weighted by atomic mass is 9.99. The minimum Gasteiger partial charge on any atom is -0.493 e. The molecule has 22 heavy (non-hydrogen) atoms. The molecule has 1 saturated carbocycles. The van der Waals surface area contributed by atoms with Gasteiger partial charge >= 0.3 is 0 Å². The second-order valence-electron chi connectivity index (χ2n) is 5.86. The summed E-state index contributed by atoms with van der Waals surface area (Å²) in [5.74, 6) is 3.25. The van der Waals surface area contributed by atoms with E-state index in [2.05, 4.69) is 21.4 Å². The molecular weight excluding hydrogens is 298 g/mol. The molecule has 1 aliphatic heterocycles. The van der Waals surface area contributed by atoms with Crippen molar-refractivity contribution in [3.63, 3.8) is 0 Å². The van der Waals surface area contributed by atoms with Crippen LogP contribution in [0.4, 0.5) is 5.13 Å². The maximum Gasteiger partial charge on any atom is 0.205 e. The van der Waals surface area contributed by atoms with Crippen molar-refractivity contribution in [1.29, 1.82) is 0 Å². The van der Waals surface area contributed by atoms with Crippen LogP contribution in [0.25, 0.3) is 0 Å². The first-order valence-corrected chi connectivity index (χ1v) is 8.38. The molecule has 0 spiro atoms. The number of ether oxygens (including phenoxy) is 2. The van der Waals surface area contributed by atoms with Gasteiger partial charge in [0.1, 0.15) is 5.82 Å². The molecule has 0 atom stereocenters. The Morgan fingerprint density at radius 3 is 2.55 bits per heavy atom. The van der Waals surface area contributed by atoms with Crippen molar-refractivity contribution in [3.05, 3.63) is 29.1 Å². The smallest absolute Gasteiger partial charge is 0.205 e. The average Bonchev–Trinajstić information content (AvgIpc) is 3.30. The van der Waals surface area contributed by atoms with Gasteiger partial charge in [-0.3, -0.25) is 0 Å². The zero-order chi connectivity index (χ0) is 15.1. The minimum absolute atomic E-state index is 0.617. The number of hydrogen-bond donors (Lipinski definition) is 0. The number of hydrogen-bond acceptors (Lipinski definition) is 6. The molecule has 0 saturated heterocycles. The van der Waals surface area contributed by atoms with E-state index >= 15 is 0 Å². The highest BCUT2D eigenvalue weighted by atomic mass is 32.1. The van der Waals surface area contributed by atoms with Crippen molar-refractivity contribution >= 4 is 16.7 Å². The molecule has 1 aliphatic carbocycles. The first-order chi connectivity index (χ1) is 10.8. The van der Waals surface area contributed by atoms with E-state index in [0.717, 1.165) is 42.0 Å². The highest BCUT2D eigenvalue weighted by molar-refractivity contribution is 7.09. The topological polar surface area (TPSA) is 47.5 Å². The predicted octanol–water partition coefficient (Wildman–Crippen LogP) is 3.00. The molecule has 2 aliphatic rings. The number of benzene rings is 1. The summed E-state index contributed by atoms with van der Waals surface area (Å²) in [7, 11) is 3.36. The van der Waals surface area contributed by atoms with Crippen molar-refractivity contribution in [2.24, 2.45) is 0 Å². The molecule has 1 aromatic heterocycles. The average molecular weight is 317 g/mol. The number of anilines is 1. The van der Waals surface area contributed by atoms with E-state index in [1.54, 1.807) is 14.2 Å². The van der Waals surface area contributed by atoms with Gasteiger partial charge in [0.25, 0.3) is 0 Å². The lowest BCUT2D eigenvalue weighted by Crippen LogP contribution is -2.30. The van der Waals surface area contributed by atoms with Crippen LogP contribution in [0.5, 0.6) is 11.5 Å². The fraction of sp³-hybridized carbons (Fsp3) is 0.500. The maximum atomic E-state index is 5.42. The number of fused-ring (bicyclic) bond motifs is 1. The highest BCUT2D eigenvalue weighted by Gasteiger charge is 2.29. The Hall–Kier alpha value is -1.82. The van der Waals surface area contributed by atoms with Crippen LogP contribution < -0.4 is 14.4 Å². The number of nitrogens with zero attached hydrogens (tertiary/aromatic N) is 3. The second-order valence-corrected chi connectivity index (χ2v) is 6.59. The van der Waals surface area contributed by atoms with Gasteiger partial charge in [0.05, 0.1) is 14.2 Å². The summed E-state index contributed by atoms with van der Waals surface area (Å²) in [5, 5.41) is 1.04. The fourth-order valence-corrected chi connectivity index (χ4v) is 3.68. The van der Waals surface area contributed by atoms with Gasteiger partial charge in [-0.15, -0.1) is 0 Å². The van der Waals surface area contributed by atoms with Crippen LogP contribution in [0.15, 0.2) is 12.1 Å². The van der Waals surface area contributed by atoms with Gasteiger partial charge in [-0.1, -0.05) is 0 Å². The van der Waals surface area contributed by atoms with Crippen molar-refractivity contribution in [2.45, 2.75) is 31.7 Å². The molecule has 0 bridgehead atoms. The van der Waals surface area contributed by atoms with Gasteiger partial charge in [-0.05, 0) is 42.5 Å². The summed E-state index contributed by atoms with van der Waals surface area (Å²) < 4.78 is 15.3. The van der Waals surface area contributed by atoms with Crippen LogP contribution in [0.3, 0.4) is 0 Å². The summed E-state index contributed by atoms with van der Waals surface area (Å²) in [4.78, 5) is 7.04. The van der Waals surface area contributed by atoms with Crippen LogP contribution in [0, 0.1) is 0 Å². The Balaban J connectivity index is 1.59. The lowest BCUT2D eigenvalue weighted by Gasteiger charge is -2.28. The molecule has 1 fully saturated rings. The Kier molecular flexibility index (Phi) is 3.41. The largest absolute Gasteiger partial charge is 0.493 e. The van der Waals surface area contributed by atoms with Crippen molar-refractivity contribution < 1.29 is 9.47 Å². The van der Waals surface area contributed by atoms with E-state index in [1.165, 1.54) is 35.5 Å². The van der Waals surface area contributed by atoms with E-state index < -0.39 is 0 Å². The SMILES string of the molecule is COc1cc2c(cc1OC)CN(c1nc(C3CC3)ns1)CC2. The van der Waals surface area contributed by atoms with Gasteiger partial charge in [0.15, 0.2) is 11.5 Å². The van der Waals surface area contributed by atoms with Crippen molar-refractivity contribution in [3.8, 4) is 11.5 Å². The zero-order valence-corrected chi connectivity index (χ0v) is 13.7. The third kappa shape index (κ3) is 2.41. The van der Waals surface area contributed by atoms with Crippen LogP contribution in [-0.2, 0) is 13.0 Å².